The lowest BCUT2D eigenvalue weighted by Crippen LogP contribution is -2.28. The van der Waals surface area contributed by atoms with Gasteiger partial charge in [-0.2, -0.15) is 0 Å². The second-order valence-electron chi connectivity index (χ2n) is 4.64. The van der Waals surface area contributed by atoms with E-state index in [4.69, 9.17) is 4.74 Å². The zero-order chi connectivity index (χ0) is 14.7. The van der Waals surface area contributed by atoms with E-state index in [0.717, 1.165) is 0 Å². The summed E-state index contributed by atoms with van der Waals surface area (Å²) in [6.07, 6.45) is 0.0974. The molecule has 2 atom stereocenters. The molecule has 1 aliphatic rings. The van der Waals surface area contributed by atoms with Gasteiger partial charge in [-0.05, 0) is 19.1 Å². The van der Waals surface area contributed by atoms with E-state index in [0.29, 0.717) is 13.0 Å². The number of non-ortho nitro benzene ring substituents is 1. The van der Waals surface area contributed by atoms with Gasteiger partial charge in [-0.1, -0.05) is 0 Å². The molecule has 106 valence electrons. The number of carbonyl (C=O) groups excluding carboxylic acids is 2. The maximum Gasteiger partial charge on any atom is 0.338 e. The molecule has 0 spiro atoms. The number of ether oxygens (including phenoxy) is 1. The molecule has 1 aromatic rings. The first-order valence-electron chi connectivity index (χ1n) is 6.16. The smallest absolute Gasteiger partial charge is 0.338 e. The fourth-order valence-electron chi connectivity index (χ4n) is 2.04. The zero-order valence-corrected chi connectivity index (χ0v) is 10.9. The number of carbonyl (C=O) groups is 2. The lowest BCUT2D eigenvalue weighted by atomic mass is 10.1. The predicted octanol–water partition coefficient (Wildman–Crippen LogP) is 1.07. The van der Waals surface area contributed by atoms with Gasteiger partial charge in [0.05, 0.1) is 16.5 Å². The van der Waals surface area contributed by atoms with Gasteiger partial charge >= 0.3 is 5.97 Å². The minimum atomic E-state index is -0.545. The van der Waals surface area contributed by atoms with Crippen molar-refractivity contribution in [1.29, 1.82) is 0 Å². The van der Waals surface area contributed by atoms with Crippen LogP contribution < -0.4 is 5.32 Å². The number of nitro groups is 1. The zero-order valence-electron chi connectivity index (χ0n) is 10.9. The summed E-state index contributed by atoms with van der Waals surface area (Å²) in [5.74, 6) is -0.533. The van der Waals surface area contributed by atoms with E-state index in [-0.39, 0.29) is 29.2 Å². The van der Waals surface area contributed by atoms with Gasteiger partial charge in [0.25, 0.3) is 5.69 Å². The lowest BCUT2D eigenvalue weighted by Gasteiger charge is -2.10. The monoisotopic (exact) mass is 278 g/mol. The van der Waals surface area contributed by atoms with Gasteiger partial charge in [-0.3, -0.25) is 14.9 Å². The largest absolute Gasteiger partial charge is 0.457 e. The van der Waals surface area contributed by atoms with Crippen LogP contribution in [0, 0.1) is 10.1 Å². The minimum absolute atomic E-state index is 0.0129. The second kappa shape index (κ2) is 5.79. The van der Waals surface area contributed by atoms with Crippen LogP contribution in [0.5, 0.6) is 0 Å². The van der Waals surface area contributed by atoms with Gasteiger partial charge in [-0.25, -0.2) is 4.79 Å². The van der Waals surface area contributed by atoms with E-state index in [1.807, 2.05) is 0 Å². The van der Waals surface area contributed by atoms with Crippen LogP contribution in [0.1, 0.15) is 23.7 Å². The number of nitrogens with zero attached hydrogens (tertiary/aromatic N) is 1. The average molecular weight is 278 g/mol. The first-order chi connectivity index (χ1) is 9.47. The van der Waals surface area contributed by atoms with E-state index in [1.54, 1.807) is 0 Å². The number of esters is 1. The van der Waals surface area contributed by atoms with Crippen molar-refractivity contribution < 1.29 is 19.2 Å². The molecule has 1 N–H and O–H groups in total. The van der Waals surface area contributed by atoms with Crippen LogP contribution >= 0.6 is 0 Å². The number of nitrogens with one attached hydrogen (secondary N) is 1. The van der Waals surface area contributed by atoms with E-state index in [2.05, 4.69) is 5.32 Å². The summed E-state index contributed by atoms with van der Waals surface area (Å²) >= 11 is 0. The number of nitro benzene ring substituents is 1. The highest BCUT2D eigenvalue weighted by atomic mass is 16.6. The fourth-order valence-corrected chi connectivity index (χ4v) is 2.04. The maximum absolute atomic E-state index is 11.9. The number of benzene rings is 1. The highest BCUT2D eigenvalue weighted by Crippen LogP contribution is 2.16. The van der Waals surface area contributed by atoms with Gasteiger partial charge < -0.3 is 10.1 Å². The summed E-state index contributed by atoms with van der Waals surface area (Å²) in [5, 5.41) is 13.5. The van der Waals surface area contributed by atoms with Gasteiger partial charge in [-0.15, -0.1) is 0 Å². The topological polar surface area (TPSA) is 98.5 Å². The molecule has 0 saturated carbocycles. The molecule has 0 amide bonds. The normalized spacial score (nSPS) is 21.4. The van der Waals surface area contributed by atoms with Crippen molar-refractivity contribution in [3.8, 4) is 0 Å². The number of hydrogen-bond donors (Lipinski definition) is 1. The third-order valence-electron chi connectivity index (χ3n) is 3.17. The third kappa shape index (κ3) is 3.18. The number of rotatable bonds is 4. The van der Waals surface area contributed by atoms with Crippen LogP contribution in [-0.4, -0.2) is 35.4 Å². The summed E-state index contributed by atoms with van der Waals surface area (Å²) in [6, 6.07) is 4.94. The molecule has 0 aliphatic carbocycles. The fraction of sp³-hybridized carbons (Fsp3) is 0.385. The summed E-state index contributed by atoms with van der Waals surface area (Å²) in [5.41, 5.74) is 0.169. The molecule has 1 heterocycles. The van der Waals surface area contributed by atoms with E-state index < -0.39 is 10.9 Å². The molecule has 0 aromatic heterocycles. The Bertz CT molecular complexity index is 540. The first-order valence-corrected chi connectivity index (χ1v) is 6.16. The van der Waals surface area contributed by atoms with E-state index in [1.165, 1.54) is 31.2 Å². The van der Waals surface area contributed by atoms with Crippen molar-refractivity contribution >= 4 is 17.4 Å². The molecule has 1 saturated heterocycles. The van der Waals surface area contributed by atoms with Crippen LogP contribution in [-0.2, 0) is 9.53 Å². The van der Waals surface area contributed by atoms with Crippen LogP contribution in [0.3, 0.4) is 0 Å². The van der Waals surface area contributed by atoms with Gasteiger partial charge in [0.15, 0.2) is 0 Å². The van der Waals surface area contributed by atoms with E-state index in [9.17, 15) is 19.7 Å². The molecule has 7 heteroatoms. The van der Waals surface area contributed by atoms with Crippen LogP contribution in [0.15, 0.2) is 24.3 Å². The molecular weight excluding hydrogens is 264 g/mol. The highest BCUT2D eigenvalue weighted by molar-refractivity contribution is 5.90. The van der Waals surface area contributed by atoms with Crippen molar-refractivity contribution in [1.82, 2.24) is 5.32 Å². The van der Waals surface area contributed by atoms with Crippen molar-refractivity contribution in [3.05, 3.63) is 39.9 Å². The number of Topliss-reactive ketones (excluding diaryl/α,β-unsaturated/α-hetero) is 1. The Labute approximate surface area is 115 Å². The molecule has 2 rings (SSSR count). The van der Waals surface area contributed by atoms with Crippen molar-refractivity contribution in [2.45, 2.75) is 25.5 Å². The van der Waals surface area contributed by atoms with Crippen molar-refractivity contribution in [3.63, 3.8) is 0 Å². The molecule has 1 aromatic carbocycles. The van der Waals surface area contributed by atoms with Gasteiger partial charge in [0, 0.05) is 25.1 Å². The average Bonchev–Trinajstić information content (AvgIpc) is 2.87. The summed E-state index contributed by atoms with van der Waals surface area (Å²) < 4.78 is 5.25. The Balaban J connectivity index is 1.95. The minimum Gasteiger partial charge on any atom is -0.457 e. The molecule has 1 aliphatic heterocycles. The molecule has 1 fully saturated rings. The summed E-state index contributed by atoms with van der Waals surface area (Å²) in [6.45, 7) is 1.92. The van der Waals surface area contributed by atoms with Crippen molar-refractivity contribution in [2.24, 2.45) is 0 Å². The molecule has 7 nitrogen and oxygen atoms in total. The Kier molecular flexibility index (Phi) is 4.09. The SMILES string of the molecule is CC(=O)[C@@H]1C[C@H](OC(=O)c2ccc([N+](=O)[O-])cc2)CN1. The Hall–Kier alpha value is -2.28. The molecule has 0 bridgehead atoms. The molecule has 20 heavy (non-hydrogen) atoms. The Morgan fingerprint density at radius 1 is 1.35 bits per heavy atom. The van der Waals surface area contributed by atoms with Crippen LogP contribution in [0.25, 0.3) is 0 Å². The molecule has 0 radical (unpaired) electrons. The van der Waals surface area contributed by atoms with Gasteiger partial charge in [0.2, 0.25) is 0 Å². The lowest BCUT2D eigenvalue weighted by molar-refractivity contribution is -0.384. The van der Waals surface area contributed by atoms with Gasteiger partial charge in [0.1, 0.15) is 11.9 Å². The molecule has 0 unspecified atom stereocenters. The van der Waals surface area contributed by atoms with Crippen molar-refractivity contribution in [2.75, 3.05) is 6.54 Å². The third-order valence-corrected chi connectivity index (χ3v) is 3.17. The quantitative estimate of drug-likeness (QED) is 0.502. The first kappa shape index (κ1) is 14.1. The predicted molar refractivity (Wildman–Crippen MR) is 69.4 cm³/mol. The van der Waals surface area contributed by atoms with Crippen LogP contribution in [0.2, 0.25) is 0 Å². The van der Waals surface area contributed by atoms with Crippen LogP contribution in [0.4, 0.5) is 5.69 Å². The standard InChI is InChI=1S/C13H14N2O5/c1-8(16)12-6-11(7-14-12)20-13(17)9-2-4-10(5-3-9)15(18)19/h2-5,11-12,14H,6-7H2,1H3/t11-,12-/m0/s1. The molecular formula is C13H14N2O5. The van der Waals surface area contributed by atoms with E-state index >= 15 is 0 Å². The number of hydrogen-bond acceptors (Lipinski definition) is 6. The summed E-state index contributed by atoms with van der Waals surface area (Å²) in [4.78, 5) is 33.0. The maximum atomic E-state index is 11.9. The Morgan fingerprint density at radius 2 is 2.00 bits per heavy atom. The summed E-state index contributed by atoms with van der Waals surface area (Å²) in [7, 11) is 0. The highest BCUT2D eigenvalue weighted by Gasteiger charge is 2.29. The second-order valence-corrected chi connectivity index (χ2v) is 4.64. The Morgan fingerprint density at radius 3 is 2.50 bits per heavy atom. The number of ketones is 1.